The first-order chi connectivity index (χ1) is 13.5. The van der Waals surface area contributed by atoms with Crippen LogP contribution in [0.15, 0.2) is 29.0 Å². The number of hydrogen-bond acceptors (Lipinski definition) is 8. The molecule has 1 fully saturated rings. The minimum Gasteiger partial charge on any atom is -0.353 e. The topological polar surface area (TPSA) is 106 Å². The summed E-state index contributed by atoms with van der Waals surface area (Å²) in [5, 5.41) is 11.7. The first kappa shape index (κ1) is 18.1. The Morgan fingerprint density at radius 3 is 2.54 bits per heavy atom. The molecule has 0 saturated carbocycles. The Morgan fingerprint density at radius 1 is 1.18 bits per heavy atom. The van der Waals surface area contributed by atoms with E-state index in [4.69, 9.17) is 4.52 Å². The van der Waals surface area contributed by atoms with Crippen molar-refractivity contribution >= 4 is 11.7 Å². The molecule has 3 aromatic heterocycles. The fourth-order valence-corrected chi connectivity index (χ4v) is 3.04. The number of carbonyl (C=O) groups is 1. The summed E-state index contributed by atoms with van der Waals surface area (Å²) < 4.78 is 6.78. The number of rotatable bonds is 4. The van der Waals surface area contributed by atoms with Gasteiger partial charge in [0.15, 0.2) is 5.69 Å². The molecular formula is C18H22N8O2. The van der Waals surface area contributed by atoms with E-state index in [1.54, 1.807) is 24.3 Å². The van der Waals surface area contributed by atoms with Crippen LogP contribution in [-0.2, 0) is 7.05 Å². The van der Waals surface area contributed by atoms with Crippen LogP contribution in [0.4, 0.5) is 5.82 Å². The molecule has 0 atom stereocenters. The van der Waals surface area contributed by atoms with Crippen molar-refractivity contribution in [2.24, 2.45) is 7.05 Å². The lowest BCUT2D eigenvalue weighted by molar-refractivity contribution is 0.0740. The van der Waals surface area contributed by atoms with Gasteiger partial charge in [0.2, 0.25) is 11.7 Å². The number of carbonyl (C=O) groups excluding carboxylic acids is 1. The first-order valence-electron chi connectivity index (χ1n) is 9.22. The highest BCUT2D eigenvalue weighted by Gasteiger charge is 2.24. The molecule has 0 N–H and O–H groups in total. The highest BCUT2D eigenvalue weighted by Crippen LogP contribution is 2.21. The quantitative estimate of drug-likeness (QED) is 0.666. The summed E-state index contributed by atoms with van der Waals surface area (Å²) in [7, 11) is 1.75. The molecule has 1 aliphatic heterocycles. The zero-order valence-corrected chi connectivity index (χ0v) is 16.1. The number of piperazine rings is 1. The number of hydrogen-bond donors (Lipinski definition) is 0. The van der Waals surface area contributed by atoms with Gasteiger partial charge < -0.3 is 14.3 Å². The summed E-state index contributed by atoms with van der Waals surface area (Å²) in [5.41, 5.74) is 1.19. The maximum absolute atomic E-state index is 12.5. The fourth-order valence-electron chi connectivity index (χ4n) is 3.04. The Kier molecular flexibility index (Phi) is 4.76. The van der Waals surface area contributed by atoms with E-state index in [0.29, 0.717) is 43.6 Å². The molecule has 10 nitrogen and oxygen atoms in total. The summed E-state index contributed by atoms with van der Waals surface area (Å²) in [6.07, 6.45) is 3.39. The van der Waals surface area contributed by atoms with E-state index in [-0.39, 0.29) is 11.8 Å². The van der Waals surface area contributed by atoms with E-state index in [0.717, 1.165) is 11.4 Å². The SMILES string of the molecule is CC(C)c1nc(-c2ccc(N3CCN(C(=O)c4cn(C)nn4)CC3)nc2)no1. The van der Waals surface area contributed by atoms with Crippen LogP contribution in [0.2, 0.25) is 0 Å². The van der Waals surface area contributed by atoms with Crippen molar-refractivity contribution in [3.05, 3.63) is 36.1 Å². The lowest BCUT2D eigenvalue weighted by atomic mass is 10.2. The zero-order chi connectivity index (χ0) is 19.7. The number of nitrogens with zero attached hydrogens (tertiary/aromatic N) is 8. The predicted molar refractivity (Wildman–Crippen MR) is 101 cm³/mol. The molecule has 10 heteroatoms. The Bertz CT molecular complexity index is 954. The Morgan fingerprint density at radius 2 is 1.96 bits per heavy atom. The van der Waals surface area contributed by atoms with Crippen molar-refractivity contribution in [1.82, 2.24) is 35.0 Å². The van der Waals surface area contributed by atoms with Gasteiger partial charge in [-0.05, 0) is 12.1 Å². The first-order valence-corrected chi connectivity index (χ1v) is 9.22. The van der Waals surface area contributed by atoms with Gasteiger partial charge in [0, 0.05) is 50.9 Å². The van der Waals surface area contributed by atoms with Crippen LogP contribution in [0, 0.1) is 0 Å². The number of amides is 1. The van der Waals surface area contributed by atoms with E-state index in [9.17, 15) is 4.79 Å². The molecule has 1 saturated heterocycles. The van der Waals surface area contributed by atoms with Gasteiger partial charge in [0.1, 0.15) is 5.82 Å². The molecular weight excluding hydrogens is 360 g/mol. The molecule has 0 radical (unpaired) electrons. The Hall–Kier alpha value is -3.30. The van der Waals surface area contributed by atoms with Crippen LogP contribution in [-0.4, -0.2) is 67.1 Å². The van der Waals surface area contributed by atoms with Crippen LogP contribution in [0.5, 0.6) is 0 Å². The summed E-state index contributed by atoms with van der Waals surface area (Å²) in [4.78, 5) is 25.3. The molecule has 0 bridgehead atoms. The van der Waals surface area contributed by atoms with E-state index in [2.05, 4.69) is 30.3 Å². The summed E-state index contributed by atoms with van der Waals surface area (Å²) >= 11 is 0. The van der Waals surface area contributed by atoms with Gasteiger partial charge >= 0.3 is 0 Å². The predicted octanol–water partition coefficient (Wildman–Crippen LogP) is 1.35. The van der Waals surface area contributed by atoms with E-state index in [1.807, 2.05) is 26.0 Å². The van der Waals surface area contributed by atoms with Gasteiger partial charge in [-0.1, -0.05) is 24.2 Å². The normalized spacial score (nSPS) is 14.7. The van der Waals surface area contributed by atoms with Gasteiger partial charge in [0.05, 0.1) is 6.20 Å². The second kappa shape index (κ2) is 7.37. The smallest absolute Gasteiger partial charge is 0.276 e. The second-order valence-corrected chi connectivity index (χ2v) is 7.07. The highest BCUT2D eigenvalue weighted by molar-refractivity contribution is 5.92. The van der Waals surface area contributed by atoms with Crippen molar-refractivity contribution in [3.63, 3.8) is 0 Å². The van der Waals surface area contributed by atoms with E-state index in [1.165, 1.54) is 4.68 Å². The third-order valence-electron chi connectivity index (χ3n) is 4.65. The molecule has 0 unspecified atom stereocenters. The molecule has 1 amide bonds. The van der Waals surface area contributed by atoms with Crippen molar-refractivity contribution in [3.8, 4) is 11.4 Å². The number of aryl methyl sites for hydroxylation is 1. The molecule has 28 heavy (non-hydrogen) atoms. The fraction of sp³-hybridized carbons (Fsp3) is 0.444. The molecule has 4 rings (SSSR count). The van der Waals surface area contributed by atoms with Gasteiger partial charge in [-0.25, -0.2) is 4.98 Å². The van der Waals surface area contributed by atoms with Crippen molar-refractivity contribution in [2.45, 2.75) is 19.8 Å². The highest BCUT2D eigenvalue weighted by atomic mass is 16.5. The molecule has 0 aliphatic carbocycles. The molecule has 1 aliphatic rings. The summed E-state index contributed by atoms with van der Waals surface area (Å²) in [5.74, 6) is 2.12. The maximum atomic E-state index is 12.5. The lowest BCUT2D eigenvalue weighted by Crippen LogP contribution is -2.49. The molecule has 146 valence electrons. The monoisotopic (exact) mass is 382 g/mol. The minimum absolute atomic E-state index is 0.0888. The summed E-state index contributed by atoms with van der Waals surface area (Å²) in [6, 6.07) is 3.88. The summed E-state index contributed by atoms with van der Waals surface area (Å²) in [6.45, 7) is 6.65. The van der Waals surface area contributed by atoms with Crippen LogP contribution in [0.1, 0.15) is 36.1 Å². The largest absolute Gasteiger partial charge is 0.353 e. The van der Waals surface area contributed by atoms with Crippen LogP contribution < -0.4 is 4.90 Å². The Labute approximate surface area is 162 Å². The zero-order valence-electron chi connectivity index (χ0n) is 16.1. The molecule has 0 spiro atoms. The lowest BCUT2D eigenvalue weighted by Gasteiger charge is -2.35. The standard InChI is InChI=1S/C18H22N8O2/c1-12(2)17-20-16(22-28-17)13-4-5-15(19-10-13)25-6-8-26(9-7-25)18(27)14-11-24(3)23-21-14/h4-5,10-12H,6-9H2,1-3H3. The molecule has 4 heterocycles. The van der Waals surface area contributed by atoms with Crippen LogP contribution in [0.25, 0.3) is 11.4 Å². The van der Waals surface area contributed by atoms with Gasteiger partial charge in [-0.2, -0.15) is 4.98 Å². The van der Waals surface area contributed by atoms with Crippen molar-refractivity contribution in [1.29, 1.82) is 0 Å². The Balaban J connectivity index is 1.38. The van der Waals surface area contributed by atoms with E-state index >= 15 is 0 Å². The third kappa shape index (κ3) is 3.57. The average Bonchev–Trinajstić information content (AvgIpc) is 3.37. The molecule has 3 aromatic rings. The van der Waals surface area contributed by atoms with Crippen molar-refractivity contribution in [2.75, 3.05) is 31.1 Å². The van der Waals surface area contributed by atoms with Crippen molar-refractivity contribution < 1.29 is 9.32 Å². The number of anilines is 1. The van der Waals surface area contributed by atoms with Crippen LogP contribution >= 0.6 is 0 Å². The molecule has 0 aromatic carbocycles. The third-order valence-corrected chi connectivity index (χ3v) is 4.65. The number of pyridine rings is 1. The van der Waals surface area contributed by atoms with E-state index < -0.39 is 0 Å². The maximum Gasteiger partial charge on any atom is 0.276 e. The van der Waals surface area contributed by atoms with Gasteiger partial charge in [-0.3, -0.25) is 9.48 Å². The van der Waals surface area contributed by atoms with Crippen LogP contribution in [0.3, 0.4) is 0 Å². The average molecular weight is 382 g/mol. The minimum atomic E-state index is -0.0888. The number of aromatic nitrogens is 6. The van der Waals surface area contributed by atoms with Gasteiger partial charge in [-0.15, -0.1) is 5.10 Å². The second-order valence-electron chi connectivity index (χ2n) is 7.07. The van der Waals surface area contributed by atoms with Gasteiger partial charge in [0.25, 0.3) is 5.91 Å².